The first-order valence-electron chi connectivity index (χ1n) is 12.1. The van der Waals surface area contributed by atoms with Gasteiger partial charge in [-0.2, -0.15) is 17.6 Å². The zero-order chi connectivity index (χ0) is 30.8. The van der Waals surface area contributed by atoms with E-state index in [1.807, 2.05) is 0 Å². The van der Waals surface area contributed by atoms with Gasteiger partial charge in [0.05, 0.1) is 13.2 Å². The second-order valence-corrected chi connectivity index (χ2v) is 9.17. The van der Waals surface area contributed by atoms with Crippen LogP contribution >= 0.6 is 0 Å². The summed E-state index contributed by atoms with van der Waals surface area (Å²) in [5.41, 5.74) is -3.68. The normalized spacial score (nSPS) is 17.7. The first-order valence-corrected chi connectivity index (χ1v) is 12.1. The minimum Gasteiger partial charge on any atom is -0.429 e. The number of alkyl halides is 4. The molecule has 4 nitrogen and oxygen atoms in total. The zero-order valence-corrected chi connectivity index (χ0v) is 21.2. The van der Waals surface area contributed by atoms with E-state index in [2.05, 4.69) is 16.1 Å². The van der Waals surface area contributed by atoms with E-state index in [1.54, 1.807) is 6.08 Å². The summed E-state index contributed by atoms with van der Waals surface area (Å²) in [7, 11) is 0. The van der Waals surface area contributed by atoms with Crippen LogP contribution in [-0.4, -0.2) is 13.2 Å². The molecule has 3 aromatic carbocycles. The number of hydrogen-bond donors (Lipinski definition) is 0. The molecule has 226 valence electrons. The lowest BCUT2D eigenvalue weighted by Crippen LogP contribution is -2.28. The van der Waals surface area contributed by atoms with Crippen molar-refractivity contribution >= 4 is 0 Å². The van der Waals surface area contributed by atoms with E-state index >= 15 is 0 Å². The number of ether oxygens (including phenoxy) is 4. The highest BCUT2D eigenvalue weighted by atomic mass is 19.3. The summed E-state index contributed by atoms with van der Waals surface area (Å²) in [5.74, 6) is -13.5. The summed E-state index contributed by atoms with van der Waals surface area (Å²) in [5, 5.41) is 0. The van der Waals surface area contributed by atoms with E-state index in [0.717, 1.165) is 0 Å². The van der Waals surface area contributed by atoms with Gasteiger partial charge in [-0.25, -0.2) is 26.3 Å². The number of halogens is 10. The van der Waals surface area contributed by atoms with E-state index in [0.29, 0.717) is 31.0 Å². The summed E-state index contributed by atoms with van der Waals surface area (Å²) in [6.07, 6.45) is -7.53. The predicted molar refractivity (Wildman–Crippen MR) is 126 cm³/mol. The molecule has 0 aliphatic carbocycles. The van der Waals surface area contributed by atoms with Crippen LogP contribution in [0, 0.1) is 40.8 Å². The number of allylic oxidation sites excluding steroid dienone is 1. The number of benzene rings is 3. The average Bonchev–Trinajstić information content (AvgIpc) is 2.89. The Morgan fingerprint density at radius 2 is 1.29 bits per heavy atom. The Labute approximate surface area is 232 Å². The Balaban J connectivity index is 1.49. The molecular formula is C28H20F10O4. The van der Waals surface area contributed by atoms with Crippen molar-refractivity contribution < 1.29 is 62.9 Å². The molecular weight excluding hydrogens is 590 g/mol. The monoisotopic (exact) mass is 610 g/mol. The number of rotatable bonds is 10. The molecule has 1 aliphatic heterocycles. The van der Waals surface area contributed by atoms with E-state index in [4.69, 9.17) is 9.47 Å². The van der Waals surface area contributed by atoms with Crippen LogP contribution in [0.25, 0.3) is 0 Å². The lowest BCUT2D eigenvalue weighted by molar-refractivity contribution is -0.206. The summed E-state index contributed by atoms with van der Waals surface area (Å²) < 4.78 is 161. The van der Waals surface area contributed by atoms with Crippen molar-refractivity contribution in [2.45, 2.75) is 31.3 Å². The van der Waals surface area contributed by atoms with Gasteiger partial charge in [0.15, 0.2) is 23.7 Å². The lowest BCUT2D eigenvalue weighted by atomic mass is 10.0. The molecule has 1 fully saturated rings. The highest BCUT2D eigenvalue weighted by Crippen LogP contribution is 2.40. The molecule has 0 saturated carbocycles. The van der Waals surface area contributed by atoms with Gasteiger partial charge in [0, 0.05) is 29.7 Å². The van der Waals surface area contributed by atoms with E-state index in [1.165, 1.54) is 0 Å². The van der Waals surface area contributed by atoms with E-state index in [9.17, 15) is 43.9 Å². The topological polar surface area (TPSA) is 36.9 Å². The van der Waals surface area contributed by atoms with Crippen molar-refractivity contribution in [2.24, 2.45) is 5.92 Å². The minimum absolute atomic E-state index is 0.00171. The molecule has 1 heterocycles. The predicted octanol–water partition coefficient (Wildman–Crippen LogP) is 8.41. The molecule has 0 amide bonds. The molecule has 0 aromatic heterocycles. The fourth-order valence-corrected chi connectivity index (χ4v) is 4.05. The summed E-state index contributed by atoms with van der Waals surface area (Å²) in [4.78, 5) is 0. The van der Waals surface area contributed by atoms with Crippen LogP contribution in [0.4, 0.5) is 43.9 Å². The maximum absolute atomic E-state index is 14.8. The molecule has 0 N–H and O–H groups in total. The van der Waals surface area contributed by atoms with Crippen LogP contribution in [0.5, 0.6) is 11.5 Å². The second-order valence-electron chi connectivity index (χ2n) is 9.17. The molecule has 42 heavy (non-hydrogen) atoms. The fraction of sp³-hybridized carbons (Fsp3) is 0.286. The van der Waals surface area contributed by atoms with Gasteiger partial charge in [-0.05, 0) is 37.1 Å². The highest BCUT2D eigenvalue weighted by molar-refractivity contribution is 5.35. The average molecular weight is 610 g/mol. The van der Waals surface area contributed by atoms with E-state index < -0.39 is 76.0 Å². The van der Waals surface area contributed by atoms with Gasteiger partial charge in [0.2, 0.25) is 0 Å². The van der Waals surface area contributed by atoms with Crippen LogP contribution in [0.1, 0.15) is 35.8 Å². The fourth-order valence-electron chi connectivity index (χ4n) is 4.05. The van der Waals surface area contributed by atoms with Crippen molar-refractivity contribution in [3.05, 3.63) is 107 Å². The third kappa shape index (κ3) is 6.81. The van der Waals surface area contributed by atoms with Crippen LogP contribution in [-0.2, 0) is 21.7 Å². The van der Waals surface area contributed by atoms with Crippen LogP contribution in [0.15, 0.2) is 55.1 Å². The molecule has 4 rings (SSSR count). The standard InChI is InChI=1S/C28H20F10O4/c1-2-3-4-14-12-39-26(40-13-14)15-7-20(30)24(21(31)8-15)28(37,38)41-16-5-6-18(19(29)9-16)27(35,36)42-17-10-22(32)25(34)23(33)11-17/h2,5-11,14,26H,1,3-4,12-13H2. The third-order valence-electron chi connectivity index (χ3n) is 6.08. The lowest BCUT2D eigenvalue weighted by Gasteiger charge is -2.30. The smallest absolute Gasteiger partial charge is 0.429 e. The summed E-state index contributed by atoms with van der Waals surface area (Å²) in [6, 6.07) is 1.93. The van der Waals surface area contributed by atoms with Gasteiger partial charge in [0.25, 0.3) is 0 Å². The van der Waals surface area contributed by atoms with Gasteiger partial charge in [-0.1, -0.05) is 6.08 Å². The van der Waals surface area contributed by atoms with Crippen LogP contribution in [0.3, 0.4) is 0 Å². The van der Waals surface area contributed by atoms with E-state index in [-0.39, 0.29) is 49.0 Å². The number of hydrogen-bond acceptors (Lipinski definition) is 4. The molecule has 14 heteroatoms. The first-order chi connectivity index (χ1) is 19.7. The first kappa shape index (κ1) is 31.2. The SMILES string of the molecule is C=CCCC1COC(c2cc(F)c(C(F)(F)Oc3ccc(C(F)(F)Oc4cc(F)c(F)c(F)c4)c(F)c3)c(F)c2)OC1. The molecule has 0 radical (unpaired) electrons. The van der Waals surface area contributed by atoms with Crippen LogP contribution in [0.2, 0.25) is 0 Å². The van der Waals surface area contributed by atoms with Gasteiger partial charge in [0.1, 0.15) is 40.1 Å². The Morgan fingerprint density at radius 1 is 0.738 bits per heavy atom. The summed E-state index contributed by atoms with van der Waals surface area (Å²) >= 11 is 0. The maximum Gasteiger partial charge on any atom is 0.432 e. The Bertz CT molecular complexity index is 1410. The van der Waals surface area contributed by atoms with Crippen molar-refractivity contribution in [3.8, 4) is 11.5 Å². The van der Waals surface area contributed by atoms with Gasteiger partial charge >= 0.3 is 12.2 Å². The molecule has 0 bridgehead atoms. The highest BCUT2D eigenvalue weighted by Gasteiger charge is 2.43. The quantitative estimate of drug-likeness (QED) is 0.131. The Morgan fingerprint density at radius 3 is 1.83 bits per heavy atom. The van der Waals surface area contributed by atoms with Gasteiger partial charge in [-0.3, -0.25) is 0 Å². The molecule has 0 atom stereocenters. The van der Waals surface area contributed by atoms with Gasteiger partial charge < -0.3 is 18.9 Å². The zero-order valence-electron chi connectivity index (χ0n) is 21.2. The van der Waals surface area contributed by atoms with Crippen molar-refractivity contribution in [1.29, 1.82) is 0 Å². The Kier molecular flexibility index (Phi) is 9.06. The second kappa shape index (κ2) is 12.2. The minimum atomic E-state index is -4.76. The summed E-state index contributed by atoms with van der Waals surface area (Å²) in [6.45, 7) is 3.97. The maximum atomic E-state index is 14.8. The van der Waals surface area contributed by atoms with Gasteiger partial charge in [-0.15, -0.1) is 6.58 Å². The third-order valence-corrected chi connectivity index (χ3v) is 6.08. The molecule has 3 aromatic rings. The van der Waals surface area contributed by atoms with Crippen LogP contribution < -0.4 is 9.47 Å². The van der Waals surface area contributed by atoms with Crippen molar-refractivity contribution in [1.82, 2.24) is 0 Å². The largest absolute Gasteiger partial charge is 0.432 e. The molecule has 1 aliphatic rings. The van der Waals surface area contributed by atoms with Crippen molar-refractivity contribution in [2.75, 3.05) is 13.2 Å². The van der Waals surface area contributed by atoms with Crippen molar-refractivity contribution in [3.63, 3.8) is 0 Å². The molecule has 0 unspecified atom stereocenters. The molecule has 1 saturated heterocycles. The Hall–Kier alpha value is -3.78. The molecule has 0 spiro atoms.